The summed E-state index contributed by atoms with van der Waals surface area (Å²) in [5, 5.41) is 33.6. The van der Waals surface area contributed by atoms with Gasteiger partial charge < -0.3 is 42.7 Å². The lowest BCUT2D eigenvalue weighted by Gasteiger charge is -2.24. The molecule has 0 bridgehead atoms. The van der Waals surface area contributed by atoms with Gasteiger partial charge in [0.2, 0.25) is 23.6 Å². The normalized spacial score (nSPS) is 13.7. The number of benzene rings is 1. The lowest BCUT2D eigenvalue weighted by Crippen LogP contribution is -2.57. The summed E-state index contributed by atoms with van der Waals surface area (Å²) in [7, 11) is 0. The van der Waals surface area contributed by atoms with Gasteiger partial charge in [-0.25, -0.2) is 4.79 Å². The smallest absolute Gasteiger partial charge is 0.326 e. The highest BCUT2D eigenvalue weighted by Crippen LogP contribution is 2.06. The van der Waals surface area contributed by atoms with E-state index in [-0.39, 0.29) is 19.3 Å². The second-order valence-electron chi connectivity index (χ2n) is 8.35. The van der Waals surface area contributed by atoms with Crippen LogP contribution >= 0.6 is 0 Å². The van der Waals surface area contributed by atoms with E-state index >= 15 is 0 Å². The number of carboxylic acid groups (broad SMARTS) is 3. The Labute approximate surface area is 216 Å². The Kier molecular flexibility index (Phi) is 12.9. The maximum Gasteiger partial charge on any atom is 0.326 e. The van der Waals surface area contributed by atoms with Gasteiger partial charge >= 0.3 is 17.9 Å². The van der Waals surface area contributed by atoms with E-state index in [0.29, 0.717) is 0 Å². The first-order chi connectivity index (χ1) is 17.8. The first-order valence-electron chi connectivity index (χ1n) is 11.5. The van der Waals surface area contributed by atoms with E-state index in [2.05, 4.69) is 10.6 Å². The number of primary amides is 1. The molecular formula is C23H31N5O10. The van der Waals surface area contributed by atoms with Crippen LogP contribution in [0, 0.1) is 0 Å². The predicted octanol–water partition coefficient (Wildman–Crippen LogP) is -2.30. The van der Waals surface area contributed by atoms with Gasteiger partial charge in [-0.2, -0.15) is 0 Å². The van der Waals surface area contributed by atoms with Gasteiger partial charge in [0, 0.05) is 12.8 Å². The Morgan fingerprint density at radius 3 is 1.68 bits per heavy atom. The van der Waals surface area contributed by atoms with Crippen molar-refractivity contribution in [2.24, 2.45) is 11.5 Å². The van der Waals surface area contributed by atoms with E-state index in [9.17, 15) is 33.6 Å². The van der Waals surface area contributed by atoms with Crippen molar-refractivity contribution in [2.45, 2.75) is 62.7 Å². The van der Waals surface area contributed by atoms with Crippen LogP contribution in [0.2, 0.25) is 0 Å². The number of carbonyl (C=O) groups excluding carboxylic acids is 4. The molecule has 208 valence electrons. The number of aliphatic carboxylic acids is 3. The Morgan fingerprint density at radius 2 is 1.21 bits per heavy atom. The summed E-state index contributed by atoms with van der Waals surface area (Å²) in [6.45, 7) is 0. The summed E-state index contributed by atoms with van der Waals surface area (Å²) in [6, 6.07) is 2.76. The summed E-state index contributed by atoms with van der Waals surface area (Å²) in [4.78, 5) is 82.8. The molecule has 15 heteroatoms. The predicted molar refractivity (Wildman–Crippen MR) is 129 cm³/mol. The van der Waals surface area contributed by atoms with Crippen LogP contribution in [0.5, 0.6) is 0 Å². The fourth-order valence-electron chi connectivity index (χ4n) is 3.25. The Hall–Kier alpha value is -4.53. The highest BCUT2D eigenvalue weighted by Gasteiger charge is 2.31. The molecule has 4 amide bonds. The number of rotatable bonds is 17. The topological polar surface area (TPSA) is 268 Å². The standard InChI is InChI=1S/C23H31N5O10/c24-13(10-12-4-2-1-3-5-12)20(34)26-15(7-9-18(30)31)21(35)27-14(6-8-17(25)29)22(36)28-16(23(37)38)11-19(32)33/h1-5,13-16H,6-11,24H2,(H2,25,29)(H,26,34)(H,27,35)(H,28,36)(H,30,31)(H,32,33)(H,37,38). The number of carbonyl (C=O) groups is 7. The quantitative estimate of drug-likeness (QED) is 0.105. The van der Waals surface area contributed by atoms with Crippen molar-refractivity contribution >= 4 is 41.5 Å². The van der Waals surface area contributed by atoms with Crippen molar-refractivity contribution in [1.82, 2.24) is 16.0 Å². The molecule has 0 aliphatic rings. The van der Waals surface area contributed by atoms with E-state index in [0.717, 1.165) is 5.56 Å². The number of hydrogen-bond donors (Lipinski definition) is 8. The molecule has 0 radical (unpaired) electrons. The maximum absolute atomic E-state index is 13.0. The number of nitrogens with two attached hydrogens (primary N) is 2. The van der Waals surface area contributed by atoms with Crippen molar-refractivity contribution in [1.29, 1.82) is 0 Å². The summed E-state index contributed by atoms with van der Waals surface area (Å²) >= 11 is 0. The molecule has 0 aromatic heterocycles. The number of carboxylic acids is 3. The van der Waals surface area contributed by atoms with Gasteiger partial charge in [-0.15, -0.1) is 0 Å². The lowest BCUT2D eigenvalue weighted by atomic mass is 10.0. The van der Waals surface area contributed by atoms with Crippen LogP contribution in [-0.2, 0) is 40.0 Å². The van der Waals surface area contributed by atoms with Crippen LogP contribution in [0.1, 0.15) is 37.7 Å². The van der Waals surface area contributed by atoms with Crippen LogP contribution in [0.15, 0.2) is 30.3 Å². The molecule has 0 heterocycles. The molecule has 0 fully saturated rings. The molecule has 38 heavy (non-hydrogen) atoms. The van der Waals surface area contributed by atoms with Gasteiger partial charge in [-0.05, 0) is 24.8 Å². The van der Waals surface area contributed by atoms with Crippen LogP contribution in [0.4, 0.5) is 0 Å². The minimum Gasteiger partial charge on any atom is -0.481 e. The molecule has 0 aliphatic heterocycles. The van der Waals surface area contributed by atoms with E-state index in [1.165, 1.54) is 0 Å². The molecule has 0 spiro atoms. The van der Waals surface area contributed by atoms with Gasteiger partial charge in [0.25, 0.3) is 0 Å². The fourth-order valence-corrected chi connectivity index (χ4v) is 3.25. The molecule has 10 N–H and O–H groups in total. The van der Waals surface area contributed by atoms with Crippen molar-refractivity contribution in [2.75, 3.05) is 0 Å². The van der Waals surface area contributed by atoms with Crippen molar-refractivity contribution in [3.63, 3.8) is 0 Å². The van der Waals surface area contributed by atoms with E-state index in [1.807, 2.05) is 5.32 Å². The molecular weight excluding hydrogens is 506 g/mol. The number of nitrogens with one attached hydrogen (secondary N) is 3. The minimum atomic E-state index is -1.84. The molecule has 15 nitrogen and oxygen atoms in total. The zero-order valence-corrected chi connectivity index (χ0v) is 20.3. The zero-order chi connectivity index (χ0) is 28.8. The monoisotopic (exact) mass is 537 g/mol. The van der Waals surface area contributed by atoms with Crippen molar-refractivity contribution in [3.05, 3.63) is 35.9 Å². The second kappa shape index (κ2) is 15.6. The third-order valence-corrected chi connectivity index (χ3v) is 5.22. The minimum absolute atomic E-state index is 0.115. The highest BCUT2D eigenvalue weighted by atomic mass is 16.4. The molecule has 0 saturated carbocycles. The van der Waals surface area contributed by atoms with Gasteiger partial charge in [-0.3, -0.25) is 28.8 Å². The lowest BCUT2D eigenvalue weighted by molar-refractivity contribution is -0.147. The Morgan fingerprint density at radius 1 is 0.711 bits per heavy atom. The molecule has 1 aromatic carbocycles. The Bertz CT molecular complexity index is 1030. The van der Waals surface area contributed by atoms with E-state index in [4.69, 9.17) is 26.8 Å². The van der Waals surface area contributed by atoms with E-state index in [1.54, 1.807) is 30.3 Å². The largest absolute Gasteiger partial charge is 0.481 e. The third-order valence-electron chi connectivity index (χ3n) is 5.22. The van der Waals surface area contributed by atoms with Gasteiger partial charge in [-0.1, -0.05) is 30.3 Å². The van der Waals surface area contributed by atoms with Gasteiger partial charge in [0.1, 0.15) is 18.1 Å². The molecule has 0 saturated heterocycles. The summed E-state index contributed by atoms with van der Waals surface area (Å²) in [5.41, 5.74) is 11.8. The van der Waals surface area contributed by atoms with Crippen LogP contribution in [0.25, 0.3) is 0 Å². The van der Waals surface area contributed by atoms with Crippen LogP contribution in [-0.4, -0.2) is 81.0 Å². The first-order valence-corrected chi connectivity index (χ1v) is 11.5. The molecule has 4 atom stereocenters. The van der Waals surface area contributed by atoms with Crippen molar-refractivity contribution < 1.29 is 48.9 Å². The second-order valence-corrected chi connectivity index (χ2v) is 8.35. The van der Waals surface area contributed by atoms with Crippen LogP contribution < -0.4 is 27.4 Å². The molecule has 1 aromatic rings. The first kappa shape index (κ1) is 31.5. The average Bonchev–Trinajstić information content (AvgIpc) is 2.83. The Balaban J connectivity index is 3.03. The summed E-state index contributed by atoms with van der Waals surface area (Å²) < 4.78 is 0. The van der Waals surface area contributed by atoms with Gasteiger partial charge in [0.15, 0.2) is 0 Å². The maximum atomic E-state index is 13.0. The SMILES string of the molecule is NC(=O)CCC(NC(=O)C(CCC(=O)O)NC(=O)C(N)Cc1ccccc1)C(=O)NC(CC(=O)O)C(=O)O. The van der Waals surface area contributed by atoms with Crippen LogP contribution in [0.3, 0.4) is 0 Å². The fraction of sp³-hybridized carbons (Fsp3) is 0.435. The summed E-state index contributed by atoms with van der Waals surface area (Å²) in [6.07, 6.45) is -2.57. The summed E-state index contributed by atoms with van der Waals surface area (Å²) in [5.74, 6) is -8.20. The molecule has 0 aliphatic carbocycles. The molecule has 4 unspecified atom stereocenters. The number of amides is 4. The van der Waals surface area contributed by atoms with Crippen molar-refractivity contribution in [3.8, 4) is 0 Å². The van der Waals surface area contributed by atoms with Gasteiger partial charge in [0.05, 0.1) is 12.5 Å². The number of hydrogen-bond acceptors (Lipinski definition) is 8. The third kappa shape index (κ3) is 11.9. The molecule has 1 rings (SSSR count). The highest BCUT2D eigenvalue weighted by molar-refractivity contribution is 5.95. The average molecular weight is 538 g/mol. The van der Waals surface area contributed by atoms with E-state index < -0.39 is 85.0 Å². The zero-order valence-electron chi connectivity index (χ0n) is 20.3.